The van der Waals surface area contributed by atoms with Gasteiger partial charge in [-0.1, -0.05) is 12.1 Å². The number of carbonyl (C=O) groups excluding carboxylic acids is 1. The van der Waals surface area contributed by atoms with Crippen LogP contribution in [0.4, 0.5) is 10.1 Å². The lowest BCUT2D eigenvalue weighted by Gasteiger charge is -2.14. The molecule has 0 aliphatic carbocycles. The van der Waals surface area contributed by atoms with Crippen LogP contribution in [0, 0.1) is 5.82 Å². The molecule has 1 atom stereocenters. The molecule has 1 aliphatic heterocycles. The van der Waals surface area contributed by atoms with Crippen molar-refractivity contribution in [1.82, 2.24) is 4.90 Å². The van der Waals surface area contributed by atoms with Crippen LogP contribution in [0.15, 0.2) is 24.3 Å². The van der Waals surface area contributed by atoms with Crippen molar-refractivity contribution in [2.24, 2.45) is 5.73 Å². The molecule has 0 saturated carbocycles. The van der Waals surface area contributed by atoms with Gasteiger partial charge >= 0.3 is 0 Å². The quantitative estimate of drug-likeness (QED) is 0.884. The van der Waals surface area contributed by atoms with Crippen LogP contribution >= 0.6 is 12.4 Å². The second kappa shape index (κ2) is 7.43. The summed E-state index contributed by atoms with van der Waals surface area (Å²) in [6, 6.07) is 6.39. The normalized spacial score (nSPS) is 18.9. The Morgan fingerprint density at radius 2 is 2.21 bits per heavy atom. The van der Waals surface area contributed by atoms with Crippen molar-refractivity contribution < 1.29 is 9.18 Å². The molecular weight excluding hydrogens is 269 g/mol. The van der Waals surface area contributed by atoms with Gasteiger partial charge in [-0.25, -0.2) is 4.39 Å². The second-order valence-electron chi connectivity index (χ2n) is 4.63. The molecule has 19 heavy (non-hydrogen) atoms. The van der Waals surface area contributed by atoms with E-state index in [-0.39, 0.29) is 30.0 Å². The van der Waals surface area contributed by atoms with Gasteiger partial charge in [0.2, 0.25) is 5.91 Å². The minimum absolute atomic E-state index is 0. The molecule has 1 aliphatic rings. The maximum atomic E-state index is 13.3. The summed E-state index contributed by atoms with van der Waals surface area (Å²) in [6.07, 6.45) is 1.34. The SMILES string of the molecule is Cl.NC1CCN(CCC(=O)Nc2ccccc2F)C1. The molecule has 1 aromatic carbocycles. The minimum atomic E-state index is -0.408. The standard InChI is InChI=1S/C13H18FN3O.ClH/c14-11-3-1-2-4-12(11)16-13(18)6-8-17-7-5-10(15)9-17;/h1-4,10H,5-9,15H2,(H,16,18);1H. The van der Waals surface area contributed by atoms with Crippen molar-refractivity contribution in [3.05, 3.63) is 30.1 Å². The summed E-state index contributed by atoms with van der Waals surface area (Å²) in [5.74, 6) is -0.574. The molecule has 3 N–H and O–H groups in total. The van der Waals surface area contributed by atoms with Crippen LogP contribution in [0.2, 0.25) is 0 Å². The van der Waals surface area contributed by atoms with Gasteiger partial charge in [-0.15, -0.1) is 12.4 Å². The molecule has 0 bridgehead atoms. The van der Waals surface area contributed by atoms with E-state index in [0.717, 1.165) is 19.5 Å². The Morgan fingerprint density at radius 3 is 2.84 bits per heavy atom. The van der Waals surface area contributed by atoms with Crippen LogP contribution in [-0.4, -0.2) is 36.5 Å². The fourth-order valence-corrected chi connectivity index (χ4v) is 2.10. The Labute approximate surface area is 118 Å². The maximum absolute atomic E-state index is 13.3. The predicted molar refractivity (Wildman–Crippen MR) is 75.9 cm³/mol. The lowest BCUT2D eigenvalue weighted by atomic mass is 10.3. The second-order valence-corrected chi connectivity index (χ2v) is 4.63. The smallest absolute Gasteiger partial charge is 0.225 e. The molecule has 1 heterocycles. The molecule has 4 nitrogen and oxygen atoms in total. The van der Waals surface area contributed by atoms with Gasteiger partial charge in [0.1, 0.15) is 5.82 Å². The molecule has 1 amide bonds. The Bertz CT molecular complexity index is 430. The lowest BCUT2D eigenvalue weighted by Crippen LogP contribution is -2.29. The molecular formula is C13H19ClFN3O. The molecule has 1 saturated heterocycles. The summed E-state index contributed by atoms with van der Waals surface area (Å²) >= 11 is 0. The van der Waals surface area contributed by atoms with E-state index in [1.807, 2.05) is 0 Å². The maximum Gasteiger partial charge on any atom is 0.225 e. The number of para-hydroxylation sites is 1. The number of benzene rings is 1. The number of nitrogens with zero attached hydrogens (tertiary/aromatic N) is 1. The number of likely N-dealkylation sites (tertiary alicyclic amines) is 1. The molecule has 2 rings (SSSR count). The molecule has 106 valence electrons. The molecule has 1 unspecified atom stereocenters. The first kappa shape index (κ1) is 15.9. The number of amides is 1. The topological polar surface area (TPSA) is 58.4 Å². The fourth-order valence-electron chi connectivity index (χ4n) is 2.10. The van der Waals surface area contributed by atoms with E-state index in [2.05, 4.69) is 10.2 Å². The third kappa shape index (κ3) is 4.78. The largest absolute Gasteiger partial charge is 0.326 e. The lowest BCUT2D eigenvalue weighted by molar-refractivity contribution is -0.116. The summed E-state index contributed by atoms with van der Waals surface area (Å²) in [5.41, 5.74) is 6.02. The van der Waals surface area contributed by atoms with Crippen molar-refractivity contribution in [1.29, 1.82) is 0 Å². The van der Waals surface area contributed by atoms with Crippen LogP contribution < -0.4 is 11.1 Å². The highest BCUT2D eigenvalue weighted by molar-refractivity contribution is 5.90. The summed E-state index contributed by atoms with van der Waals surface area (Å²) < 4.78 is 13.3. The first-order valence-corrected chi connectivity index (χ1v) is 6.17. The third-order valence-electron chi connectivity index (χ3n) is 3.11. The molecule has 0 radical (unpaired) electrons. The van der Waals surface area contributed by atoms with E-state index in [0.29, 0.717) is 13.0 Å². The van der Waals surface area contributed by atoms with Crippen LogP contribution in [0.5, 0.6) is 0 Å². The summed E-state index contributed by atoms with van der Waals surface area (Å²) in [7, 11) is 0. The van der Waals surface area contributed by atoms with Crippen molar-refractivity contribution in [2.75, 3.05) is 25.0 Å². The van der Waals surface area contributed by atoms with Crippen molar-refractivity contribution >= 4 is 24.0 Å². The van der Waals surface area contributed by atoms with Gasteiger partial charge in [-0.05, 0) is 25.1 Å². The Hall–Kier alpha value is -1.17. The predicted octanol–water partition coefficient (Wildman–Crippen LogP) is 1.61. The van der Waals surface area contributed by atoms with Gasteiger partial charge in [-0.2, -0.15) is 0 Å². The van der Waals surface area contributed by atoms with E-state index >= 15 is 0 Å². The highest BCUT2D eigenvalue weighted by Gasteiger charge is 2.19. The number of halogens is 2. The third-order valence-corrected chi connectivity index (χ3v) is 3.11. The van der Waals surface area contributed by atoms with Crippen molar-refractivity contribution in [3.8, 4) is 0 Å². The van der Waals surface area contributed by atoms with Gasteiger partial charge in [-0.3, -0.25) is 4.79 Å². The van der Waals surface area contributed by atoms with E-state index in [1.54, 1.807) is 18.2 Å². The summed E-state index contributed by atoms with van der Waals surface area (Å²) in [4.78, 5) is 13.8. The zero-order valence-corrected chi connectivity index (χ0v) is 11.5. The number of carbonyl (C=O) groups is 1. The monoisotopic (exact) mass is 287 g/mol. The average Bonchev–Trinajstić information content (AvgIpc) is 2.76. The first-order chi connectivity index (χ1) is 8.65. The van der Waals surface area contributed by atoms with Gasteiger partial charge in [0.05, 0.1) is 5.69 Å². The van der Waals surface area contributed by atoms with Crippen molar-refractivity contribution in [2.45, 2.75) is 18.9 Å². The van der Waals surface area contributed by atoms with Crippen LogP contribution in [0.25, 0.3) is 0 Å². The Balaban J connectivity index is 0.00000180. The molecule has 1 aromatic rings. The van der Waals surface area contributed by atoms with Gasteiger partial charge in [0.15, 0.2) is 0 Å². The number of hydrogen-bond donors (Lipinski definition) is 2. The van der Waals surface area contributed by atoms with Gasteiger partial charge in [0.25, 0.3) is 0 Å². The minimum Gasteiger partial charge on any atom is -0.326 e. The number of nitrogens with two attached hydrogens (primary N) is 1. The molecule has 6 heteroatoms. The van der Waals surface area contributed by atoms with E-state index in [1.165, 1.54) is 6.07 Å². The Morgan fingerprint density at radius 1 is 1.47 bits per heavy atom. The summed E-state index contributed by atoms with van der Waals surface area (Å²) in [6.45, 7) is 2.45. The zero-order valence-electron chi connectivity index (χ0n) is 10.6. The first-order valence-electron chi connectivity index (χ1n) is 6.17. The van der Waals surface area contributed by atoms with E-state index < -0.39 is 5.82 Å². The number of rotatable bonds is 4. The van der Waals surface area contributed by atoms with E-state index in [9.17, 15) is 9.18 Å². The van der Waals surface area contributed by atoms with Gasteiger partial charge < -0.3 is 16.0 Å². The molecule has 1 fully saturated rings. The van der Waals surface area contributed by atoms with Crippen LogP contribution in [-0.2, 0) is 4.79 Å². The van der Waals surface area contributed by atoms with Crippen LogP contribution in [0.1, 0.15) is 12.8 Å². The highest BCUT2D eigenvalue weighted by Crippen LogP contribution is 2.13. The Kier molecular flexibility index (Phi) is 6.21. The highest BCUT2D eigenvalue weighted by atomic mass is 35.5. The van der Waals surface area contributed by atoms with E-state index in [4.69, 9.17) is 5.73 Å². The van der Waals surface area contributed by atoms with Crippen LogP contribution in [0.3, 0.4) is 0 Å². The fraction of sp³-hybridized carbons (Fsp3) is 0.462. The number of nitrogens with one attached hydrogen (secondary N) is 1. The molecule has 0 aromatic heterocycles. The molecule has 0 spiro atoms. The van der Waals surface area contributed by atoms with Crippen molar-refractivity contribution in [3.63, 3.8) is 0 Å². The van der Waals surface area contributed by atoms with Gasteiger partial charge in [0, 0.05) is 25.6 Å². The number of hydrogen-bond acceptors (Lipinski definition) is 3. The zero-order chi connectivity index (χ0) is 13.0. The average molecular weight is 288 g/mol. The summed E-state index contributed by atoms with van der Waals surface area (Å²) in [5, 5.41) is 2.57. The number of anilines is 1.